The number of halogens is 1. The van der Waals surface area contributed by atoms with Gasteiger partial charge in [0.25, 0.3) is 5.91 Å². The number of ether oxygens (including phenoxy) is 2. The molecule has 1 amide bonds. The van der Waals surface area contributed by atoms with Gasteiger partial charge in [-0.15, -0.1) is 0 Å². The summed E-state index contributed by atoms with van der Waals surface area (Å²) in [7, 11) is -2.02. The molecule has 0 saturated carbocycles. The number of nitrogens with zero attached hydrogens (tertiary/aromatic N) is 1. The molecule has 0 radical (unpaired) electrons. The summed E-state index contributed by atoms with van der Waals surface area (Å²) in [5.74, 6) is 1.00. The van der Waals surface area contributed by atoms with Crippen LogP contribution in [0.5, 0.6) is 11.5 Å². The molecule has 1 N–H and O–H groups in total. The molecule has 2 aromatic carbocycles. The molecule has 1 aliphatic heterocycles. The van der Waals surface area contributed by atoms with E-state index >= 15 is 0 Å². The number of amides is 1. The molecular weight excluding hydrogens is 460 g/mol. The Hall–Kier alpha value is -2.10. The van der Waals surface area contributed by atoms with E-state index in [1.165, 1.54) is 11.4 Å². The monoisotopic (exact) mass is 482 g/mol. The van der Waals surface area contributed by atoms with Crippen molar-refractivity contribution in [2.75, 3.05) is 26.8 Å². The van der Waals surface area contributed by atoms with Crippen molar-refractivity contribution in [1.82, 2.24) is 9.62 Å². The van der Waals surface area contributed by atoms with Crippen LogP contribution in [0.4, 0.5) is 0 Å². The minimum atomic E-state index is -3.55. The van der Waals surface area contributed by atoms with Gasteiger partial charge in [0.05, 0.1) is 12.0 Å². The molecule has 9 heteroatoms. The minimum Gasteiger partial charge on any atom is -0.497 e. The Labute approximate surface area is 179 Å². The summed E-state index contributed by atoms with van der Waals surface area (Å²) in [6, 6.07) is 13.5. The zero-order valence-electron chi connectivity index (χ0n) is 16.0. The van der Waals surface area contributed by atoms with Crippen LogP contribution < -0.4 is 14.8 Å². The van der Waals surface area contributed by atoms with Gasteiger partial charge in [0, 0.05) is 23.6 Å². The molecule has 0 spiro atoms. The molecule has 0 aliphatic carbocycles. The van der Waals surface area contributed by atoms with Crippen LogP contribution in [0.1, 0.15) is 12.8 Å². The van der Waals surface area contributed by atoms with Crippen molar-refractivity contribution in [3.63, 3.8) is 0 Å². The van der Waals surface area contributed by atoms with Gasteiger partial charge in [-0.1, -0.05) is 15.9 Å². The molecule has 1 aliphatic rings. The van der Waals surface area contributed by atoms with Gasteiger partial charge in [0.2, 0.25) is 10.0 Å². The molecular formula is C20H23BrN2O5S. The second-order valence-electron chi connectivity index (χ2n) is 6.66. The zero-order chi connectivity index (χ0) is 20.9. The highest BCUT2D eigenvalue weighted by Crippen LogP contribution is 2.23. The molecule has 1 fully saturated rings. The first-order valence-corrected chi connectivity index (χ1v) is 11.4. The number of hydrogen-bond acceptors (Lipinski definition) is 5. The number of methoxy groups -OCH3 is 1. The Balaban J connectivity index is 1.47. The van der Waals surface area contributed by atoms with E-state index in [4.69, 9.17) is 9.47 Å². The first-order valence-electron chi connectivity index (χ1n) is 9.20. The van der Waals surface area contributed by atoms with Crippen LogP contribution in [-0.4, -0.2) is 51.5 Å². The van der Waals surface area contributed by atoms with Crippen molar-refractivity contribution in [2.45, 2.75) is 23.8 Å². The van der Waals surface area contributed by atoms with E-state index in [1.54, 1.807) is 36.4 Å². The highest BCUT2D eigenvalue weighted by Gasteiger charge is 2.30. The highest BCUT2D eigenvalue weighted by molar-refractivity contribution is 9.10. The van der Waals surface area contributed by atoms with Crippen molar-refractivity contribution in [3.05, 3.63) is 53.0 Å². The van der Waals surface area contributed by atoms with Gasteiger partial charge < -0.3 is 14.8 Å². The predicted octanol–water partition coefficient (Wildman–Crippen LogP) is 2.81. The molecule has 0 aromatic heterocycles. The summed E-state index contributed by atoms with van der Waals surface area (Å²) in [6.45, 7) is 0.631. The van der Waals surface area contributed by atoms with Crippen LogP contribution >= 0.6 is 15.9 Å². The lowest BCUT2D eigenvalue weighted by atomic mass is 10.1. The fraction of sp³-hybridized carbons (Fsp3) is 0.350. The smallest absolute Gasteiger partial charge is 0.258 e. The lowest BCUT2D eigenvalue weighted by Gasteiger charge is -2.31. The van der Waals surface area contributed by atoms with Crippen molar-refractivity contribution in [1.29, 1.82) is 0 Å². The maximum atomic E-state index is 12.8. The standard InChI is InChI=1S/C20H23BrN2O5S/c1-27-17-6-8-19(9-7-17)29(25,26)23-12-10-16(11-13-23)22-20(24)14-28-18-4-2-15(21)3-5-18/h2-9,16H,10-14H2,1H3,(H,22,24). The third kappa shape index (κ3) is 5.71. The maximum absolute atomic E-state index is 12.8. The molecule has 7 nitrogen and oxygen atoms in total. The second kappa shape index (κ2) is 9.60. The summed E-state index contributed by atoms with van der Waals surface area (Å²) in [6.07, 6.45) is 1.11. The topological polar surface area (TPSA) is 84.9 Å². The second-order valence-corrected chi connectivity index (χ2v) is 9.52. The average Bonchev–Trinajstić information content (AvgIpc) is 2.74. The van der Waals surface area contributed by atoms with E-state index < -0.39 is 10.0 Å². The summed E-state index contributed by atoms with van der Waals surface area (Å²) >= 11 is 3.34. The largest absolute Gasteiger partial charge is 0.497 e. The molecule has 156 valence electrons. The van der Waals surface area contributed by atoms with Crippen LogP contribution in [0.3, 0.4) is 0 Å². The van der Waals surface area contributed by atoms with Crippen LogP contribution in [-0.2, 0) is 14.8 Å². The van der Waals surface area contributed by atoms with Crippen LogP contribution in [0.2, 0.25) is 0 Å². The fourth-order valence-corrected chi connectivity index (χ4v) is 4.82. The lowest BCUT2D eigenvalue weighted by Crippen LogP contribution is -2.47. The Morgan fingerprint density at radius 2 is 1.66 bits per heavy atom. The van der Waals surface area contributed by atoms with E-state index in [9.17, 15) is 13.2 Å². The maximum Gasteiger partial charge on any atom is 0.258 e. The number of carbonyl (C=O) groups is 1. The number of benzene rings is 2. The van der Waals surface area contributed by atoms with E-state index in [-0.39, 0.29) is 23.5 Å². The summed E-state index contributed by atoms with van der Waals surface area (Å²) in [5.41, 5.74) is 0. The first kappa shape index (κ1) is 21.6. The summed E-state index contributed by atoms with van der Waals surface area (Å²) < 4.78 is 38.5. The van der Waals surface area contributed by atoms with E-state index in [1.807, 2.05) is 12.1 Å². The Morgan fingerprint density at radius 1 is 1.07 bits per heavy atom. The molecule has 1 saturated heterocycles. The van der Waals surface area contributed by atoms with E-state index in [2.05, 4.69) is 21.2 Å². The summed E-state index contributed by atoms with van der Waals surface area (Å²) in [5, 5.41) is 2.92. The number of nitrogens with one attached hydrogen (secondary N) is 1. The SMILES string of the molecule is COc1ccc(S(=O)(=O)N2CCC(NC(=O)COc3ccc(Br)cc3)CC2)cc1. The van der Waals surface area contributed by atoms with Gasteiger partial charge in [0.1, 0.15) is 11.5 Å². The predicted molar refractivity (Wildman–Crippen MR) is 113 cm³/mol. The van der Waals surface area contributed by atoms with Crippen molar-refractivity contribution in [3.8, 4) is 11.5 Å². The average molecular weight is 483 g/mol. The molecule has 3 rings (SSSR count). The van der Waals surface area contributed by atoms with Crippen molar-refractivity contribution < 1.29 is 22.7 Å². The fourth-order valence-electron chi connectivity index (χ4n) is 3.09. The Morgan fingerprint density at radius 3 is 2.24 bits per heavy atom. The number of hydrogen-bond donors (Lipinski definition) is 1. The third-order valence-electron chi connectivity index (χ3n) is 4.70. The van der Waals surface area contributed by atoms with Gasteiger partial charge >= 0.3 is 0 Å². The number of sulfonamides is 1. The normalized spacial score (nSPS) is 15.7. The van der Waals surface area contributed by atoms with Gasteiger partial charge in [-0.25, -0.2) is 8.42 Å². The number of rotatable bonds is 7. The molecule has 0 atom stereocenters. The van der Waals surface area contributed by atoms with Crippen molar-refractivity contribution in [2.24, 2.45) is 0 Å². The van der Waals surface area contributed by atoms with Crippen LogP contribution in [0.15, 0.2) is 57.9 Å². The molecule has 2 aromatic rings. The summed E-state index contributed by atoms with van der Waals surface area (Å²) in [4.78, 5) is 12.4. The van der Waals surface area contributed by atoms with Crippen LogP contribution in [0.25, 0.3) is 0 Å². The molecule has 29 heavy (non-hydrogen) atoms. The Kier molecular flexibility index (Phi) is 7.15. The number of piperidine rings is 1. The molecule has 0 bridgehead atoms. The zero-order valence-corrected chi connectivity index (χ0v) is 18.4. The lowest BCUT2D eigenvalue weighted by molar-refractivity contribution is -0.124. The third-order valence-corrected chi connectivity index (χ3v) is 7.14. The van der Waals surface area contributed by atoms with Gasteiger partial charge in [0.15, 0.2) is 6.61 Å². The quantitative estimate of drug-likeness (QED) is 0.655. The number of carbonyl (C=O) groups excluding carboxylic acids is 1. The van der Waals surface area contributed by atoms with Gasteiger partial charge in [-0.3, -0.25) is 4.79 Å². The first-order chi connectivity index (χ1) is 13.9. The van der Waals surface area contributed by atoms with E-state index in [0.717, 1.165) is 4.47 Å². The molecule has 0 unspecified atom stereocenters. The Bertz CT molecular complexity index is 924. The van der Waals surface area contributed by atoms with Gasteiger partial charge in [-0.2, -0.15) is 4.31 Å². The van der Waals surface area contributed by atoms with Gasteiger partial charge in [-0.05, 0) is 61.4 Å². The minimum absolute atomic E-state index is 0.0710. The highest BCUT2D eigenvalue weighted by atomic mass is 79.9. The molecule has 1 heterocycles. The van der Waals surface area contributed by atoms with Crippen molar-refractivity contribution >= 4 is 31.9 Å². The van der Waals surface area contributed by atoms with Crippen LogP contribution in [0, 0.1) is 0 Å². The van der Waals surface area contributed by atoms with E-state index in [0.29, 0.717) is 37.4 Å².